The first-order valence-electron chi connectivity index (χ1n) is 7.03. The van der Waals surface area contributed by atoms with E-state index in [1.165, 1.54) is 0 Å². The van der Waals surface area contributed by atoms with Crippen LogP contribution in [-0.2, 0) is 0 Å². The van der Waals surface area contributed by atoms with Crippen molar-refractivity contribution in [2.75, 3.05) is 7.11 Å². The van der Waals surface area contributed by atoms with Gasteiger partial charge in [-0.25, -0.2) is 0 Å². The van der Waals surface area contributed by atoms with Gasteiger partial charge in [0.05, 0.1) is 18.4 Å². The van der Waals surface area contributed by atoms with Crippen LogP contribution >= 0.6 is 0 Å². The van der Waals surface area contributed by atoms with Crippen molar-refractivity contribution in [2.45, 2.75) is 0 Å². The van der Waals surface area contributed by atoms with E-state index in [-0.39, 0.29) is 0 Å². The Bertz CT molecular complexity index is 812. The van der Waals surface area contributed by atoms with E-state index in [1.54, 1.807) is 13.3 Å². The molecular weight excluding hydrogens is 270 g/mol. The highest BCUT2D eigenvalue weighted by Gasteiger charge is 2.04. The second-order valence-corrected chi connectivity index (χ2v) is 4.74. The van der Waals surface area contributed by atoms with Crippen LogP contribution in [0.15, 0.2) is 72.9 Å². The molecule has 3 rings (SSSR count). The maximum absolute atomic E-state index is 5.19. The molecule has 1 heterocycles. The SMILES string of the molecule is COc1ccc(-c2ncccc2C#Cc2ccccc2)cc1. The molecular formula is C20H15NO. The van der Waals surface area contributed by atoms with Gasteiger partial charge in [0, 0.05) is 17.3 Å². The van der Waals surface area contributed by atoms with E-state index < -0.39 is 0 Å². The Morgan fingerprint density at radius 1 is 0.818 bits per heavy atom. The van der Waals surface area contributed by atoms with Crippen LogP contribution in [0, 0.1) is 11.8 Å². The molecule has 2 aromatic carbocycles. The molecule has 2 heteroatoms. The summed E-state index contributed by atoms with van der Waals surface area (Å²) in [7, 11) is 1.66. The molecule has 0 saturated heterocycles. The third kappa shape index (κ3) is 3.16. The lowest BCUT2D eigenvalue weighted by atomic mass is 10.1. The summed E-state index contributed by atoms with van der Waals surface area (Å²) in [6.07, 6.45) is 1.78. The number of hydrogen-bond acceptors (Lipinski definition) is 2. The molecule has 0 bridgehead atoms. The monoisotopic (exact) mass is 285 g/mol. The first kappa shape index (κ1) is 13.9. The first-order valence-corrected chi connectivity index (χ1v) is 7.03. The van der Waals surface area contributed by atoms with Gasteiger partial charge in [-0.15, -0.1) is 0 Å². The van der Waals surface area contributed by atoms with Gasteiger partial charge in [-0.1, -0.05) is 30.0 Å². The van der Waals surface area contributed by atoms with Gasteiger partial charge in [0.2, 0.25) is 0 Å². The van der Waals surface area contributed by atoms with Crippen molar-refractivity contribution in [3.05, 3.63) is 84.1 Å². The minimum absolute atomic E-state index is 0.830. The molecule has 0 aliphatic heterocycles. The van der Waals surface area contributed by atoms with E-state index in [0.29, 0.717) is 0 Å². The summed E-state index contributed by atoms with van der Waals surface area (Å²) in [5.41, 5.74) is 3.82. The van der Waals surface area contributed by atoms with Gasteiger partial charge in [0.25, 0.3) is 0 Å². The van der Waals surface area contributed by atoms with Gasteiger partial charge in [-0.2, -0.15) is 0 Å². The van der Waals surface area contributed by atoms with Crippen molar-refractivity contribution >= 4 is 0 Å². The van der Waals surface area contributed by atoms with Gasteiger partial charge in [-0.05, 0) is 48.5 Å². The van der Waals surface area contributed by atoms with E-state index in [2.05, 4.69) is 16.8 Å². The molecule has 0 fully saturated rings. The molecule has 0 unspecified atom stereocenters. The number of benzene rings is 2. The van der Waals surface area contributed by atoms with Crippen LogP contribution < -0.4 is 4.74 Å². The van der Waals surface area contributed by atoms with E-state index in [0.717, 1.165) is 28.1 Å². The van der Waals surface area contributed by atoms with Crippen LogP contribution in [-0.4, -0.2) is 12.1 Å². The molecule has 3 aromatic rings. The normalized spacial score (nSPS) is 9.68. The van der Waals surface area contributed by atoms with Gasteiger partial charge in [0.15, 0.2) is 0 Å². The number of ether oxygens (including phenoxy) is 1. The Labute approximate surface area is 130 Å². The first-order chi connectivity index (χ1) is 10.9. The Balaban J connectivity index is 1.98. The second kappa shape index (κ2) is 6.60. The fourth-order valence-corrected chi connectivity index (χ4v) is 2.15. The van der Waals surface area contributed by atoms with Gasteiger partial charge in [0.1, 0.15) is 5.75 Å². The van der Waals surface area contributed by atoms with Gasteiger partial charge in [-0.3, -0.25) is 4.98 Å². The number of hydrogen-bond donors (Lipinski definition) is 0. The fourth-order valence-electron chi connectivity index (χ4n) is 2.15. The molecule has 0 saturated carbocycles. The number of methoxy groups -OCH3 is 1. The zero-order chi connectivity index (χ0) is 15.2. The summed E-state index contributed by atoms with van der Waals surface area (Å²) in [5.74, 6) is 7.22. The molecule has 2 nitrogen and oxygen atoms in total. The molecule has 1 aromatic heterocycles. The van der Waals surface area contributed by atoms with Crippen molar-refractivity contribution in [3.63, 3.8) is 0 Å². The highest BCUT2D eigenvalue weighted by atomic mass is 16.5. The second-order valence-electron chi connectivity index (χ2n) is 4.74. The maximum Gasteiger partial charge on any atom is 0.118 e. The Morgan fingerprint density at radius 3 is 2.32 bits per heavy atom. The molecule has 0 N–H and O–H groups in total. The highest BCUT2D eigenvalue weighted by molar-refractivity contribution is 5.68. The third-order valence-electron chi connectivity index (χ3n) is 3.29. The fraction of sp³-hybridized carbons (Fsp3) is 0.0500. The van der Waals surface area contributed by atoms with Crippen LogP contribution in [0.5, 0.6) is 5.75 Å². The zero-order valence-corrected chi connectivity index (χ0v) is 12.3. The Morgan fingerprint density at radius 2 is 1.59 bits per heavy atom. The summed E-state index contributed by atoms with van der Waals surface area (Å²) in [4.78, 5) is 4.47. The van der Waals surface area contributed by atoms with Gasteiger partial charge < -0.3 is 4.74 Å². The largest absolute Gasteiger partial charge is 0.497 e. The molecule has 0 aliphatic carbocycles. The zero-order valence-electron chi connectivity index (χ0n) is 12.3. The van der Waals surface area contributed by atoms with Crippen molar-refractivity contribution in [1.29, 1.82) is 0 Å². The molecule has 22 heavy (non-hydrogen) atoms. The minimum Gasteiger partial charge on any atom is -0.497 e. The summed E-state index contributed by atoms with van der Waals surface area (Å²) >= 11 is 0. The number of nitrogens with zero attached hydrogens (tertiary/aromatic N) is 1. The molecule has 0 spiro atoms. The molecule has 0 radical (unpaired) electrons. The summed E-state index contributed by atoms with van der Waals surface area (Å²) in [6.45, 7) is 0. The highest BCUT2D eigenvalue weighted by Crippen LogP contribution is 2.23. The molecule has 0 aliphatic rings. The van der Waals surface area contributed by atoms with Crippen LogP contribution in [0.4, 0.5) is 0 Å². The standard InChI is InChI=1S/C20H15NO/c1-22-19-13-11-18(12-14-19)20-17(8-5-15-21-20)10-9-16-6-3-2-4-7-16/h2-8,11-15H,1H3. The van der Waals surface area contributed by atoms with Crippen molar-refractivity contribution in [3.8, 4) is 28.8 Å². The predicted molar refractivity (Wildman–Crippen MR) is 88.6 cm³/mol. The smallest absolute Gasteiger partial charge is 0.118 e. The van der Waals surface area contributed by atoms with Gasteiger partial charge >= 0.3 is 0 Å². The molecule has 106 valence electrons. The number of rotatable bonds is 2. The van der Waals surface area contributed by atoms with Crippen LogP contribution in [0.25, 0.3) is 11.3 Å². The average Bonchev–Trinajstić information content (AvgIpc) is 2.61. The Kier molecular flexibility index (Phi) is 4.17. The lowest BCUT2D eigenvalue weighted by Crippen LogP contribution is -1.89. The maximum atomic E-state index is 5.19. The summed E-state index contributed by atoms with van der Waals surface area (Å²) in [6, 6.07) is 21.7. The summed E-state index contributed by atoms with van der Waals surface area (Å²) < 4.78 is 5.19. The van der Waals surface area contributed by atoms with Crippen molar-refractivity contribution < 1.29 is 4.74 Å². The van der Waals surface area contributed by atoms with Crippen LogP contribution in [0.2, 0.25) is 0 Å². The lowest BCUT2D eigenvalue weighted by Gasteiger charge is -2.05. The van der Waals surface area contributed by atoms with E-state index >= 15 is 0 Å². The lowest BCUT2D eigenvalue weighted by molar-refractivity contribution is 0.415. The number of pyridine rings is 1. The van der Waals surface area contributed by atoms with E-state index in [1.807, 2.05) is 66.7 Å². The van der Waals surface area contributed by atoms with E-state index in [9.17, 15) is 0 Å². The van der Waals surface area contributed by atoms with Crippen LogP contribution in [0.1, 0.15) is 11.1 Å². The van der Waals surface area contributed by atoms with Crippen molar-refractivity contribution in [2.24, 2.45) is 0 Å². The third-order valence-corrected chi connectivity index (χ3v) is 3.29. The number of aromatic nitrogens is 1. The van der Waals surface area contributed by atoms with Crippen molar-refractivity contribution in [1.82, 2.24) is 4.98 Å². The molecule has 0 atom stereocenters. The predicted octanol–water partition coefficient (Wildman–Crippen LogP) is 4.16. The van der Waals surface area contributed by atoms with E-state index in [4.69, 9.17) is 4.74 Å². The topological polar surface area (TPSA) is 22.1 Å². The quantitative estimate of drug-likeness (QED) is 0.660. The molecule has 0 amide bonds. The Hall–Kier alpha value is -3.05. The average molecular weight is 285 g/mol. The summed E-state index contributed by atoms with van der Waals surface area (Å²) in [5, 5.41) is 0. The van der Waals surface area contributed by atoms with Crippen LogP contribution in [0.3, 0.4) is 0 Å². The minimum atomic E-state index is 0.830.